The van der Waals surface area contributed by atoms with Crippen molar-refractivity contribution >= 4 is 35.7 Å². The van der Waals surface area contributed by atoms with Crippen molar-refractivity contribution in [2.45, 2.75) is 19.8 Å². The van der Waals surface area contributed by atoms with Gasteiger partial charge in [0, 0.05) is 10.6 Å². The number of hydrogen-bond acceptors (Lipinski definition) is 3. The summed E-state index contributed by atoms with van der Waals surface area (Å²) in [5.74, 6) is 0.941. The highest BCUT2D eigenvalue weighted by Gasteiger charge is 1.99. The molecule has 1 aliphatic carbocycles. The molecule has 2 rings (SSSR count). The van der Waals surface area contributed by atoms with Crippen LogP contribution in [0.3, 0.4) is 0 Å². The smallest absolute Gasteiger partial charge is 0.159 e. The zero-order valence-corrected chi connectivity index (χ0v) is 10.2. The quantitative estimate of drug-likeness (QED) is 0.817. The molecule has 0 unspecified atom stereocenters. The second-order valence-corrected chi connectivity index (χ2v) is 5.05. The van der Waals surface area contributed by atoms with Crippen LogP contribution in [0.1, 0.15) is 19.8 Å². The molecule has 1 heterocycles. The molecule has 15 heavy (non-hydrogen) atoms. The minimum atomic E-state index is 0.766. The number of thiazole rings is 1. The molecule has 0 bridgehead atoms. The molecule has 0 spiro atoms. The number of allylic oxidation sites excluding steroid dienone is 2. The van der Waals surface area contributed by atoms with Gasteiger partial charge in [-0.2, -0.15) is 0 Å². The third-order valence-electron chi connectivity index (χ3n) is 2.09. The van der Waals surface area contributed by atoms with Crippen molar-refractivity contribution < 1.29 is 4.74 Å². The molecule has 0 aliphatic heterocycles. The normalized spacial score (nSPS) is 14.3. The lowest BCUT2D eigenvalue weighted by Crippen LogP contribution is -2.20. The first-order valence-electron chi connectivity index (χ1n) is 5.03. The van der Waals surface area contributed by atoms with Crippen molar-refractivity contribution in [3.05, 3.63) is 25.7 Å². The molecule has 0 aromatic carbocycles. The first kappa shape index (κ1) is 10.6. The summed E-state index contributed by atoms with van der Waals surface area (Å²) in [7, 11) is 0. The fourth-order valence-electron chi connectivity index (χ4n) is 1.41. The monoisotopic (exact) mass is 239 g/mol. The molecule has 1 N–H and O–H groups in total. The average Bonchev–Trinajstić information content (AvgIpc) is 2.44. The van der Waals surface area contributed by atoms with Crippen LogP contribution in [0.5, 0.6) is 0 Å². The van der Waals surface area contributed by atoms with Gasteiger partial charge in [-0.3, -0.25) is 0 Å². The molecule has 0 radical (unpaired) electrons. The average molecular weight is 239 g/mol. The summed E-state index contributed by atoms with van der Waals surface area (Å²) in [5, 5.41) is 1.07. The predicted octanol–water partition coefficient (Wildman–Crippen LogP) is 2.08. The standard InChI is InChI=1S/C11H13NOS2/c1-2-6-13-8-4-3-5-10-9(7-8)12-11(14)15-10/h4-5,7H,2-3,6H2,1H3,(H,12,14). The van der Waals surface area contributed by atoms with E-state index in [1.807, 2.05) is 6.08 Å². The number of nitrogens with one attached hydrogen (secondary N) is 1. The lowest BCUT2D eigenvalue weighted by atomic mass is 10.3. The van der Waals surface area contributed by atoms with E-state index >= 15 is 0 Å². The third kappa shape index (κ3) is 2.58. The SMILES string of the molecule is CCCOC1=CCC=c2sc(=S)[nH]c2=C1. The van der Waals surface area contributed by atoms with Crippen LogP contribution in [0.2, 0.25) is 0 Å². The Morgan fingerprint density at radius 3 is 3.20 bits per heavy atom. The lowest BCUT2D eigenvalue weighted by molar-refractivity contribution is 0.229. The molecular weight excluding hydrogens is 226 g/mol. The lowest BCUT2D eigenvalue weighted by Gasteiger charge is -2.03. The number of aromatic nitrogens is 1. The van der Waals surface area contributed by atoms with Gasteiger partial charge in [0.2, 0.25) is 0 Å². The Kier molecular flexibility index (Phi) is 3.38. The third-order valence-corrected chi connectivity index (χ3v) is 3.33. The second-order valence-electron chi connectivity index (χ2n) is 3.33. The molecule has 0 saturated heterocycles. The van der Waals surface area contributed by atoms with Gasteiger partial charge < -0.3 is 9.72 Å². The fourth-order valence-corrected chi connectivity index (χ4v) is 2.55. The zero-order chi connectivity index (χ0) is 10.7. The summed E-state index contributed by atoms with van der Waals surface area (Å²) < 4.78 is 7.65. The van der Waals surface area contributed by atoms with E-state index < -0.39 is 0 Å². The Balaban J connectivity index is 2.36. The van der Waals surface area contributed by atoms with Crippen molar-refractivity contribution in [1.29, 1.82) is 0 Å². The molecular formula is C11H13NOS2. The van der Waals surface area contributed by atoms with Crippen LogP contribution >= 0.6 is 23.6 Å². The fraction of sp³-hybridized carbons (Fsp3) is 0.364. The Hall–Kier alpha value is -0.870. The maximum atomic E-state index is 5.61. The molecule has 0 amide bonds. The molecule has 0 atom stereocenters. The Bertz CT molecular complexity index is 536. The van der Waals surface area contributed by atoms with Crippen LogP contribution < -0.4 is 9.88 Å². The number of hydrogen-bond donors (Lipinski definition) is 1. The van der Waals surface area contributed by atoms with Gasteiger partial charge in [0.25, 0.3) is 0 Å². The zero-order valence-electron chi connectivity index (χ0n) is 8.58. The van der Waals surface area contributed by atoms with Crippen LogP contribution in [0.15, 0.2) is 11.8 Å². The molecule has 80 valence electrons. The molecule has 1 aromatic rings. The Morgan fingerprint density at radius 2 is 2.40 bits per heavy atom. The molecule has 0 fully saturated rings. The number of aromatic amines is 1. The van der Waals surface area contributed by atoms with Crippen molar-refractivity contribution in [2.75, 3.05) is 6.61 Å². The number of ether oxygens (including phenoxy) is 1. The summed E-state index contributed by atoms with van der Waals surface area (Å²) in [6, 6.07) is 0. The summed E-state index contributed by atoms with van der Waals surface area (Å²) in [6.45, 7) is 2.87. The largest absolute Gasteiger partial charge is 0.494 e. The summed E-state index contributed by atoms with van der Waals surface area (Å²) in [4.78, 5) is 3.17. The van der Waals surface area contributed by atoms with Crippen molar-refractivity contribution in [1.82, 2.24) is 4.98 Å². The Morgan fingerprint density at radius 1 is 1.53 bits per heavy atom. The molecule has 0 saturated carbocycles. The summed E-state index contributed by atoms with van der Waals surface area (Å²) >= 11 is 6.73. The van der Waals surface area contributed by atoms with Gasteiger partial charge in [-0.1, -0.05) is 13.0 Å². The van der Waals surface area contributed by atoms with Gasteiger partial charge in [-0.15, -0.1) is 11.3 Å². The Labute approximate surface area is 97.6 Å². The maximum Gasteiger partial charge on any atom is 0.159 e. The number of rotatable bonds is 3. The second kappa shape index (κ2) is 4.77. The van der Waals surface area contributed by atoms with E-state index in [9.17, 15) is 0 Å². The molecule has 1 aromatic heterocycles. The van der Waals surface area contributed by atoms with Gasteiger partial charge in [0.15, 0.2) is 3.95 Å². The van der Waals surface area contributed by atoms with Gasteiger partial charge in [-0.25, -0.2) is 0 Å². The minimum Gasteiger partial charge on any atom is -0.494 e. The predicted molar refractivity (Wildman–Crippen MR) is 66.6 cm³/mol. The van der Waals surface area contributed by atoms with E-state index in [-0.39, 0.29) is 0 Å². The first-order valence-corrected chi connectivity index (χ1v) is 6.26. The van der Waals surface area contributed by atoms with Gasteiger partial charge in [0.1, 0.15) is 5.76 Å². The number of H-pyrrole nitrogens is 1. The molecule has 2 nitrogen and oxygen atoms in total. The van der Waals surface area contributed by atoms with Crippen molar-refractivity contribution in [3.63, 3.8) is 0 Å². The van der Waals surface area contributed by atoms with Crippen LogP contribution in [-0.2, 0) is 4.74 Å². The molecule has 1 aliphatic rings. The van der Waals surface area contributed by atoms with Gasteiger partial charge in [0.05, 0.1) is 12.0 Å². The highest BCUT2D eigenvalue weighted by atomic mass is 32.1. The van der Waals surface area contributed by atoms with E-state index in [1.165, 1.54) is 4.53 Å². The van der Waals surface area contributed by atoms with Crippen LogP contribution in [0.4, 0.5) is 0 Å². The van der Waals surface area contributed by atoms with Gasteiger partial charge >= 0.3 is 0 Å². The van der Waals surface area contributed by atoms with E-state index in [0.717, 1.165) is 34.5 Å². The summed E-state index contributed by atoms with van der Waals surface area (Å²) in [5.41, 5.74) is 0. The highest BCUT2D eigenvalue weighted by molar-refractivity contribution is 7.73. The highest BCUT2D eigenvalue weighted by Crippen LogP contribution is 2.05. The van der Waals surface area contributed by atoms with Crippen molar-refractivity contribution in [2.24, 2.45) is 0 Å². The first-order chi connectivity index (χ1) is 7.29. The number of fused-ring (bicyclic) bond motifs is 1. The van der Waals surface area contributed by atoms with Crippen molar-refractivity contribution in [3.8, 4) is 0 Å². The summed E-state index contributed by atoms with van der Waals surface area (Å²) in [6.07, 6.45) is 8.23. The van der Waals surface area contributed by atoms with Crippen LogP contribution in [0.25, 0.3) is 12.2 Å². The topological polar surface area (TPSA) is 25.0 Å². The van der Waals surface area contributed by atoms with E-state index in [1.54, 1.807) is 11.3 Å². The maximum absolute atomic E-state index is 5.61. The van der Waals surface area contributed by atoms with Crippen LogP contribution in [-0.4, -0.2) is 11.6 Å². The molecule has 4 heteroatoms. The minimum absolute atomic E-state index is 0.766. The van der Waals surface area contributed by atoms with Gasteiger partial charge in [-0.05, 0) is 31.1 Å². The van der Waals surface area contributed by atoms with Crippen LogP contribution in [0, 0.1) is 3.95 Å². The van der Waals surface area contributed by atoms with E-state index in [2.05, 4.69) is 24.1 Å². The van der Waals surface area contributed by atoms with E-state index in [4.69, 9.17) is 17.0 Å². The van der Waals surface area contributed by atoms with E-state index in [0.29, 0.717) is 0 Å².